The van der Waals surface area contributed by atoms with Crippen LogP contribution < -0.4 is 10.2 Å². The Labute approximate surface area is 86.3 Å². The Kier molecular flexibility index (Phi) is 4.15. The molecular formula is C8H10ClN3O2. The van der Waals surface area contributed by atoms with Crippen LogP contribution in [0.1, 0.15) is 0 Å². The van der Waals surface area contributed by atoms with E-state index in [-0.39, 0.29) is 5.69 Å². The molecule has 0 heterocycles. The highest BCUT2D eigenvalue weighted by Gasteiger charge is 2.04. The Balaban J connectivity index is 2.59. The number of nitrogens with zero attached hydrogens (tertiary/aromatic N) is 1. The van der Waals surface area contributed by atoms with E-state index in [0.717, 1.165) is 0 Å². The third kappa shape index (κ3) is 3.20. The predicted octanol–water partition coefficient (Wildman–Crippen LogP) is 1.75. The van der Waals surface area contributed by atoms with Gasteiger partial charge >= 0.3 is 0 Å². The topological polar surface area (TPSA) is 67.2 Å². The number of benzene rings is 1. The van der Waals surface area contributed by atoms with Gasteiger partial charge in [0.2, 0.25) is 0 Å². The van der Waals surface area contributed by atoms with Crippen molar-refractivity contribution in [2.24, 2.45) is 0 Å². The quantitative estimate of drug-likeness (QED) is 0.340. The third-order valence-electron chi connectivity index (χ3n) is 1.61. The van der Waals surface area contributed by atoms with E-state index >= 15 is 0 Å². The van der Waals surface area contributed by atoms with Crippen LogP contribution in [0.25, 0.3) is 0 Å². The summed E-state index contributed by atoms with van der Waals surface area (Å²) in [5, 5.41) is 13.4. The maximum atomic E-state index is 10.4. The normalized spacial score (nSPS) is 9.79. The van der Waals surface area contributed by atoms with Crippen molar-refractivity contribution in [3.63, 3.8) is 0 Å². The number of halogens is 1. The van der Waals surface area contributed by atoms with Gasteiger partial charge in [-0.3, -0.25) is 10.1 Å². The molecule has 0 aliphatic carbocycles. The molecule has 0 aliphatic heterocycles. The Bertz CT molecular complexity index is 319. The molecule has 0 aliphatic rings. The molecule has 76 valence electrons. The van der Waals surface area contributed by atoms with Crippen molar-refractivity contribution in [3.8, 4) is 0 Å². The van der Waals surface area contributed by atoms with Gasteiger partial charge in [-0.2, -0.15) is 0 Å². The first-order valence-corrected chi connectivity index (χ1v) is 4.43. The molecule has 6 heteroatoms. The highest BCUT2D eigenvalue weighted by molar-refractivity contribution is 6.13. The molecule has 0 aromatic heterocycles. The van der Waals surface area contributed by atoms with Crippen LogP contribution in [0, 0.1) is 10.1 Å². The first-order chi connectivity index (χ1) is 6.74. The van der Waals surface area contributed by atoms with Crippen LogP contribution in [0.15, 0.2) is 24.3 Å². The molecule has 14 heavy (non-hydrogen) atoms. The van der Waals surface area contributed by atoms with Crippen LogP contribution in [0.4, 0.5) is 11.4 Å². The number of hydrogen-bond acceptors (Lipinski definition) is 4. The highest BCUT2D eigenvalue weighted by Crippen LogP contribution is 2.16. The van der Waals surface area contributed by atoms with E-state index in [1.54, 1.807) is 12.1 Å². The zero-order chi connectivity index (χ0) is 10.4. The third-order valence-corrected chi connectivity index (χ3v) is 1.79. The molecule has 1 aromatic carbocycles. The summed E-state index contributed by atoms with van der Waals surface area (Å²) in [7, 11) is 0. The first-order valence-electron chi connectivity index (χ1n) is 4.06. The minimum Gasteiger partial charge on any atom is -0.384 e. The van der Waals surface area contributed by atoms with Gasteiger partial charge in [-0.1, -0.05) is 6.07 Å². The van der Waals surface area contributed by atoms with Crippen LogP contribution in [-0.2, 0) is 0 Å². The lowest BCUT2D eigenvalue weighted by molar-refractivity contribution is -0.384. The average Bonchev–Trinajstić information content (AvgIpc) is 2.19. The molecule has 0 spiro atoms. The van der Waals surface area contributed by atoms with Crippen molar-refractivity contribution >= 4 is 23.2 Å². The van der Waals surface area contributed by atoms with E-state index in [1.165, 1.54) is 12.1 Å². The summed E-state index contributed by atoms with van der Waals surface area (Å²) in [6, 6.07) is 6.33. The minimum atomic E-state index is -0.426. The van der Waals surface area contributed by atoms with E-state index in [0.29, 0.717) is 18.8 Å². The molecule has 0 amide bonds. The fourth-order valence-corrected chi connectivity index (χ4v) is 1.08. The lowest BCUT2D eigenvalue weighted by Gasteiger charge is -2.04. The largest absolute Gasteiger partial charge is 0.384 e. The number of nitro benzene ring substituents is 1. The fourth-order valence-electron chi connectivity index (χ4n) is 0.984. The summed E-state index contributed by atoms with van der Waals surface area (Å²) in [4.78, 5) is 12.5. The van der Waals surface area contributed by atoms with Crippen LogP contribution in [0.5, 0.6) is 0 Å². The highest BCUT2D eigenvalue weighted by atomic mass is 35.5. The van der Waals surface area contributed by atoms with E-state index in [2.05, 4.69) is 10.2 Å². The van der Waals surface area contributed by atoms with E-state index < -0.39 is 4.92 Å². The maximum absolute atomic E-state index is 10.4. The summed E-state index contributed by atoms with van der Waals surface area (Å²) < 4.78 is 0. The summed E-state index contributed by atoms with van der Waals surface area (Å²) >= 11 is 5.25. The predicted molar refractivity (Wildman–Crippen MR) is 55.4 cm³/mol. The zero-order valence-corrected chi connectivity index (χ0v) is 8.12. The van der Waals surface area contributed by atoms with Gasteiger partial charge in [0.05, 0.1) is 4.92 Å². The second-order valence-electron chi connectivity index (χ2n) is 2.62. The van der Waals surface area contributed by atoms with Gasteiger partial charge in [-0.15, -0.1) is 0 Å². The number of nitrogens with one attached hydrogen (secondary N) is 2. The lowest BCUT2D eigenvalue weighted by Crippen LogP contribution is -2.13. The van der Waals surface area contributed by atoms with Gasteiger partial charge < -0.3 is 5.32 Å². The van der Waals surface area contributed by atoms with Crippen LogP contribution in [0.3, 0.4) is 0 Å². The van der Waals surface area contributed by atoms with Gasteiger partial charge in [0, 0.05) is 30.9 Å². The van der Waals surface area contributed by atoms with Crippen molar-refractivity contribution in [1.29, 1.82) is 0 Å². The molecule has 0 fully saturated rings. The smallest absolute Gasteiger partial charge is 0.271 e. The summed E-state index contributed by atoms with van der Waals surface area (Å²) in [6.45, 7) is 1.20. The number of hydrogen-bond donors (Lipinski definition) is 2. The first kappa shape index (κ1) is 10.7. The number of rotatable bonds is 5. The van der Waals surface area contributed by atoms with Crippen LogP contribution >= 0.6 is 11.8 Å². The van der Waals surface area contributed by atoms with E-state index in [1.807, 2.05) is 0 Å². The van der Waals surface area contributed by atoms with Gasteiger partial charge in [0.1, 0.15) is 0 Å². The van der Waals surface area contributed by atoms with Crippen molar-refractivity contribution in [3.05, 3.63) is 34.4 Å². The molecular weight excluding hydrogens is 206 g/mol. The van der Waals surface area contributed by atoms with E-state index in [9.17, 15) is 10.1 Å². The standard InChI is InChI=1S/C8H10ClN3O2/c9-11-5-4-10-7-2-1-3-8(6-7)12(13)14/h1-3,6,10-11H,4-5H2. The van der Waals surface area contributed by atoms with Gasteiger partial charge in [0.25, 0.3) is 5.69 Å². The van der Waals surface area contributed by atoms with Crippen molar-refractivity contribution in [2.75, 3.05) is 18.4 Å². The summed E-state index contributed by atoms with van der Waals surface area (Å²) in [5.74, 6) is 0. The number of anilines is 1. The van der Waals surface area contributed by atoms with Gasteiger partial charge in [0.15, 0.2) is 0 Å². The molecule has 1 rings (SSSR count). The molecule has 0 saturated heterocycles. The summed E-state index contributed by atoms with van der Waals surface area (Å²) in [6.07, 6.45) is 0. The average molecular weight is 216 g/mol. The second kappa shape index (κ2) is 5.41. The minimum absolute atomic E-state index is 0.0776. The molecule has 0 unspecified atom stereocenters. The van der Waals surface area contributed by atoms with Crippen LogP contribution in [0.2, 0.25) is 0 Å². The molecule has 5 nitrogen and oxygen atoms in total. The Morgan fingerprint density at radius 3 is 2.86 bits per heavy atom. The van der Waals surface area contributed by atoms with Crippen LogP contribution in [-0.4, -0.2) is 18.0 Å². The van der Waals surface area contributed by atoms with Gasteiger partial charge in [-0.05, 0) is 17.8 Å². The fraction of sp³-hybridized carbons (Fsp3) is 0.250. The molecule has 0 saturated carbocycles. The Hall–Kier alpha value is -1.33. The molecule has 0 atom stereocenters. The van der Waals surface area contributed by atoms with Crippen molar-refractivity contribution in [1.82, 2.24) is 4.84 Å². The Morgan fingerprint density at radius 2 is 2.21 bits per heavy atom. The monoisotopic (exact) mass is 215 g/mol. The van der Waals surface area contributed by atoms with Crippen molar-refractivity contribution in [2.45, 2.75) is 0 Å². The van der Waals surface area contributed by atoms with Crippen molar-refractivity contribution < 1.29 is 4.92 Å². The SMILES string of the molecule is O=[N+]([O-])c1cccc(NCCNCl)c1. The van der Waals surface area contributed by atoms with E-state index in [4.69, 9.17) is 11.8 Å². The van der Waals surface area contributed by atoms with Gasteiger partial charge in [-0.25, -0.2) is 4.84 Å². The molecule has 0 radical (unpaired) electrons. The molecule has 2 N–H and O–H groups in total. The number of nitro groups is 1. The zero-order valence-electron chi connectivity index (χ0n) is 7.37. The lowest BCUT2D eigenvalue weighted by atomic mass is 10.3. The summed E-state index contributed by atoms with van der Waals surface area (Å²) in [5.41, 5.74) is 0.792. The number of non-ortho nitro benzene ring substituents is 1. The second-order valence-corrected chi connectivity index (χ2v) is 2.89. The molecule has 0 bridgehead atoms. The maximum Gasteiger partial charge on any atom is 0.271 e. The Morgan fingerprint density at radius 1 is 1.43 bits per heavy atom. The molecule has 1 aromatic rings.